The second-order valence-electron chi connectivity index (χ2n) is 6.43. The van der Waals surface area contributed by atoms with Gasteiger partial charge in [-0.1, -0.05) is 72.9 Å². The summed E-state index contributed by atoms with van der Waals surface area (Å²) in [6.45, 7) is 0. The predicted molar refractivity (Wildman–Crippen MR) is 127 cm³/mol. The van der Waals surface area contributed by atoms with Crippen LogP contribution in [0, 0.1) is 0 Å². The van der Waals surface area contributed by atoms with E-state index in [1.807, 2.05) is 24.3 Å². The Morgan fingerprint density at radius 3 is 0.903 bits per heavy atom. The van der Waals surface area contributed by atoms with E-state index in [0.717, 1.165) is 43.6 Å². The van der Waals surface area contributed by atoms with Crippen LogP contribution in [0.3, 0.4) is 0 Å². The van der Waals surface area contributed by atoms with Crippen molar-refractivity contribution in [3.05, 3.63) is 116 Å². The maximum absolute atomic E-state index is 4.35. The number of nitrogens with zero attached hydrogens (tertiary/aromatic N) is 4. The molecule has 5 nitrogen and oxygen atoms in total. The number of allylic oxidation sites excluding steroid dienone is 4. The molecular formula is C24H18ClCoN4O-3. The second kappa shape index (κ2) is 10.7. The molecular weight excluding hydrogens is 455 g/mol. The van der Waals surface area contributed by atoms with Gasteiger partial charge in [0.1, 0.15) is 0 Å². The molecule has 159 valence electrons. The van der Waals surface area contributed by atoms with Crippen LogP contribution >= 0.6 is 10.1 Å². The first kappa shape index (κ1) is 22.5. The third-order valence-corrected chi connectivity index (χ3v) is 4.69. The predicted octanol–water partition coefficient (Wildman–Crippen LogP) is 4.49. The Morgan fingerprint density at radius 2 is 0.677 bits per heavy atom. The van der Waals surface area contributed by atoms with Crippen LogP contribution in [0.1, 0.15) is 0 Å². The zero-order chi connectivity index (χ0) is 20.8. The van der Waals surface area contributed by atoms with E-state index in [1.165, 1.54) is 0 Å². The summed E-state index contributed by atoms with van der Waals surface area (Å²) in [7, 11) is 4.33. The van der Waals surface area contributed by atoms with Crippen LogP contribution < -0.4 is 20.9 Å². The van der Waals surface area contributed by atoms with Gasteiger partial charge in [0.15, 0.2) is 0 Å². The van der Waals surface area contributed by atoms with Crippen molar-refractivity contribution in [2.45, 2.75) is 0 Å². The molecule has 6 rings (SSSR count). The van der Waals surface area contributed by atoms with Gasteiger partial charge < -0.3 is 26.7 Å². The van der Waals surface area contributed by atoms with Gasteiger partial charge in [-0.15, -0.1) is 22.7 Å². The fourth-order valence-corrected chi connectivity index (χ4v) is 3.36. The molecule has 0 amide bonds. The van der Waals surface area contributed by atoms with Gasteiger partial charge in [-0.2, -0.15) is 24.8 Å². The van der Waals surface area contributed by atoms with Gasteiger partial charge >= 0.3 is 25.0 Å². The van der Waals surface area contributed by atoms with Crippen LogP contribution in [0.2, 0.25) is 0 Å². The Labute approximate surface area is 192 Å². The molecule has 7 heteroatoms. The van der Waals surface area contributed by atoms with E-state index >= 15 is 0 Å². The molecule has 2 N–H and O–H groups in total. The van der Waals surface area contributed by atoms with Crippen molar-refractivity contribution in [2.24, 2.45) is 0 Å². The van der Waals surface area contributed by atoms with Crippen LogP contribution in [-0.2, 0) is 14.8 Å². The summed E-state index contributed by atoms with van der Waals surface area (Å²) in [5, 5.41) is 21.9. The van der Waals surface area contributed by atoms with Gasteiger partial charge in [0.05, 0.1) is 0 Å². The van der Waals surface area contributed by atoms with Crippen LogP contribution in [0.15, 0.2) is 73.4 Å². The molecule has 0 saturated carbocycles. The summed E-state index contributed by atoms with van der Waals surface area (Å²) in [6, 6.07) is 8.30. The summed E-state index contributed by atoms with van der Waals surface area (Å²) in [4.78, 5) is 0. The summed E-state index contributed by atoms with van der Waals surface area (Å²) in [6.07, 6.45) is 23.2. The number of benzene rings is 2. The number of hydrogen-bond donors (Lipinski definition) is 0. The normalized spacial score (nSPS) is 14.1. The summed E-state index contributed by atoms with van der Waals surface area (Å²) in [5.41, 5.74) is 3.91. The summed E-state index contributed by atoms with van der Waals surface area (Å²) in [5.74, 6) is 0. The molecule has 0 radical (unpaired) electrons. The minimum atomic E-state index is 0. The average molecular weight is 473 g/mol. The summed E-state index contributed by atoms with van der Waals surface area (Å²) >= 11 is 3.03. The molecule has 0 bridgehead atoms. The molecule has 0 atom stereocenters. The number of hydrogen-bond acceptors (Lipinski definition) is 0. The third kappa shape index (κ3) is 4.78. The van der Waals surface area contributed by atoms with E-state index in [0.29, 0.717) is 0 Å². The van der Waals surface area contributed by atoms with Crippen LogP contribution in [0.5, 0.6) is 0 Å². The monoisotopic (exact) mass is 472 g/mol. The Kier molecular flexibility index (Phi) is 7.80. The molecule has 4 aliphatic heterocycles. The molecule has 4 heterocycles. The maximum atomic E-state index is 4.35. The van der Waals surface area contributed by atoms with E-state index in [-0.39, 0.29) is 5.48 Å². The van der Waals surface area contributed by atoms with Crippen molar-refractivity contribution in [1.82, 2.24) is 0 Å². The Balaban J connectivity index is 0.000000158. The second-order valence-corrected chi connectivity index (χ2v) is 6.43. The first-order valence-corrected chi connectivity index (χ1v) is 10.6. The van der Waals surface area contributed by atoms with Gasteiger partial charge in [-0.3, -0.25) is 0 Å². The molecule has 4 aliphatic rings. The molecule has 2 aromatic carbocycles. The van der Waals surface area contributed by atoms with Crippen molar-refractivity contribution in [3.63, 3.8) is 0 Å². The van der Waals surface area contributed by atoms with Gasteiger partial charge in [0.25, 0.3) is 0 Å². The first-order valence-electron chi connectivity index (χ1n) is 9.20. The number of rotatable bonds is 0. The first-order chi connectivity index (χ1) is 14.9. The Morgan fingerprint density at radius 1 is 0.452 bits per heavy atom. The Hall–Kier alpha value is -3.16. The fourth-order valence-electron chi connectivity index (χ4n) is 3.36. The standard InChI is InChI=1S/2C12H8N2.ClH.Co.H2O/c2*1-3-9-5-6-10-4-2-8-14-12(10)11(9)13-7-1;;;/h2*1-8H;1H;;1H2/q2*-2;;+2;/p-1. The zero-order valence-corrected chi connectivity index (χ0v) is 18.0. The van der Waals surface area contributed by atoms with Crippen molar-refractivity contribution < 1.29 is 20.3 Å². The SMILES string of the molecule is C1=C[N-]c2c3c(ccc2=C1)=CC=C[N-]3.C1=C[N-]c2c3c(ccc2=C1)=CC=C[N-]3.O.[Cl][Co+]. The quantitative estimate of drug-likeness (QED) is 0.541. The van der Waals surface area contributed by atoms with E-state index in [2.05, 4.69) is 94.8 Å². The Bertz CT molecular complexity index is 1120. The van der Waals surface area contributed by atoms with Crippen LogP contribution in [0.4, 0.5) is 22.7 Å². The molecule has 0 unspecified atom stereocenters. The molecule has 0 fully saturated rings. The minimum absolute atomic E-state index is 0. The average Bonchev–Trinajstić information content (AvgIpc) is 2.85. The van der Waals surface area contributed by atoms with Gasteiger partial charge in [-0.25, -0.2) is 0 Å². The molecule has 0 saturated heterocycles. The van der Waals surface area contributed by atoms with E-state index < -0.39 is 0 Å². The zero-order valence-electron chi connectivity index (χ0n) is 16.2. The third-order valence-electron chi connectivity index (χ3n) is 4.69. The van der Waals surface area contributed by atoms with Gasteiger partial charge in [0, 0.05) is 0 Å². The number of fused-ring (bicyclic) bond motifs is 6. The molecule has 31 heavy (non-hydrogen) atoms. The van der Waals surface area contributed by atoms with Gasteiger partial charge in [-0.05, 0) is 20.9 Å². The fraction of sp³-hybridized carbons (Fsp3) is 0. The van der Waals surface area contributed by atoms with Crippen molar-refractivity contribution in [2.75, 3.05) is 0 Å². The summed E-state index contributed by atoms with van der Waals surface area (Å²) < 4.78 is 0. The number of halogens is 1. The van der Waals surface area contributed by atoms with E-state index in [1.54, 1.807) is 24.8 Å². The van der Waals surface area contributed by atoms with E-state index in [9.17, 15) is 0 Å². The molecule has 0 spiro atoms. The molecule has 2 aromatic rings. The molecule has 0 aromatic heterocycles. The van der Waals surface area contributed by atoms with Crippen LogP contribution in [0.25, 0.3) is 45.6 Å². The van der Waals surface area contributed by atoms with Crippen LogP contribution in [-0.4, -0.2) is 5.48 Å². The van der Waals surface area contributed by atoms with Crippen molar-refractivity contribution in [3.8, 4) is 0 Å². The van der Waals surface area contributed by atoms with E-state index in [4.69, 9.17) is 0 Å². The van der Waals surface area contributed by atoms with Gasteiger partial charge in [0.2, 0.25) is 0 Å². The van der Waals surface area contributed by atoms with Crippen molar-refractivity contribution in [1.29, 1.82) is 0 Å². The topological polar surface area (TPSA) is 87.9 Å². The molecule has 0 aliphatic carbocycles. The van der Waals surface area contributed by atoms with Crippen molar-refractivity contribution >= 4 is 57.2 Å².